The van der Waals surface area contributed by atoms with E-state index >= 15 is 0 Å². The van der Waals surface area contributed by atoms with Gasteiger partial charge in [-0.25, -0.2) is 0 Å². The molecule has 0 spiro atoms. The summed E-state index contributed by atoms with van der Waals surface area (Å²) in [5.41, 5.74) is 0. The van der Waals surface area contributed by atoms with Crippen LogP contribution in [0.25, 0.3) is 0 Å². The molecule has 0 saturated heterocycles. The van der Waals surface area contributed by atoms with Crippen LogP contribution < -0.4 is 10.2 Å². The van der Waals surface area contributed by atoms with Gasteiger partial charge in [0.25, 0.3) is 0 Å². The minimum atomic E-state index is -0.903. The fraction of sp³-hybridized carbons (Fsp3) is 0.944. The first-order valence-corrected chi connectivity index (χ1v) is 23.9. The molecule has 44 heavy (non-hydrogen) atoms. The number of rotatable bonds is 32. The molecule has 0 aliphatic carbocycles. The van der Waals surface area contributed by atoms with Crippen LogP contribution in [0.2, 0.25) is 0 Å². The Bertz CT molecular complexity index is 546. The van der Waals surface area contributed by atoms with Crippen LogP contribution >= 0.6 is 19.6 Å². The summed E-state index contributed by atoms with van der Waals surface area (Å²) in [6, 6.07) is 0. The van der Waals surface area contributed by atoms with E-state index in [1.54, 1.807) is 0 Å². The fourth-order valence-corrected chi connectivity index (χ4v) is 5.28. The van der Waals surface area contributed by atoms with E-state index in [-0.39, 0.29) is 65.5 Å². The molecule has 0 atom stereocenters. The molecular weight excluding hydrogens is 697 g/mol. The van der Waals surface area contributed by atoms with Crippen molar-refractivity contribution in [3.05, 3.63) is 0 Å². The van der Waals surface area contributed by atoms with E-state index in [4.69, 9.17) is 0 Å². The van der Waals surface area contributed by atoms with Crippen molar-refractivity contribution in [1.82, 2.24) is 0 Å². The number of carboxylic acids is 2. The van der Waals surface area contributed by atoms with Gasteiger partial charge in [0.2, 0.25) is 0 Å². The molecule has 258 valence electrons. The van der Waals surface area contributed by atoms with Gasteiger partial charge in [-0.2, -0.15) is 0 Å². The van der Waals surface area contributed by atoms with Crippen molar-refractivity contribution in [2.24, 2.45) is 0 Å². The topological polar surface area (TPSA) is 80.3 Å². The molecule has 0 N–H and O–H groups in total. The van der Waals surface area contributed by atoms with E-state index in [1.165, 1.54) is 167 Å². The molecule has 0 aliphatic heterocycles. The number of hydrogen-bond donors (Lipinski definition) is 0. The Kier molecular flexibility index (Phi) is 60.6. The maximum absolute atomic E-state index is 10.2. The molecule has 0 aliphatic rings. The maximum atomic E-state index is 10.2. The van der Waals surface area contributed by atoms with Crippen LogP contribution in [0.15, 0.2) is 0 Å². The van der Waals surface area contributed by atoms with E-state index in [2.05, 4.69) is 33.5 Å². The molecule has 0 saturated carbocycles. The molecule has 4 nitrogen and oxygen atoms in total. The van der Waals surface area contributed by atoms with Crippen LogP contribution in [0.3, 0.4) is 0 Å². The van der Waals surface area contributed by atoms with E-state index in [1.807, 2.05) is 0 Å². The molecule has 8 heteroatoms. The molecule has 0 fully saturated rings. The van der Waals surface area contributed by atoms with Crippen molar-refractivity contribution in [3.63, 3.8) is 0 Å². The second-order valence-electron chi connectivity index (χ2n) is 12.2. The first kappa shape index (κ1) is 52.1. The fourth-order valence-electron chi connectivity index (χ4n) is 5.28. The summed E-state index contributed by atoms with van der Waals surface area (Å²) < 4.78 is 0. The summed E-state index contributed by atoms with van der Waals surface area (Å²) in [7, 11) is 8.68. The average molecular weight is 767 g/mol. The number of hydrogen-bond acceptors (Lipinski definition) is 6. The van der Waals surface area contributed by atoms with Crippen molar-refractivity contribution in [3.8, 4) is 0 Å². The van der Waals surface area contributed by atoms with E-state index in [0.717, 1.165) is 25.7 Å². The van der Waals surface area contributed by atoms with Gasteiger partial charge in [0.05, 0.1) is 0 Å². The Morgan fingerprint density at radius 1 is 0.386 bits per heavy atom. The number of aliphatic carboxylic acids is 2. The SMILES string of the molecule is CCCCCCCCCCCCCCCCCC(=O)[O-].CCCCCCCCCCCCCCCCCC(=O)[O-].[Ca+2].[S]=[Mo]=[S]. The van der Waals surface area contributed by atoms with Crippen molar-refractivity contribution < 1.29 is 34.7 Å². The van der Waals surface area contributed by atoms with Crippen molar-refractivity contribution in [2.75, 3.05) is 0 Å². The number of carbonyl (C=O) groups is 2. The van der Waals surface area contributed by atoms with Gasteiger partial charge < -0.3 is 19.8 Å². The monoisotopic (exact) mass is 768 g/mol. The third kappa shape index (κ3) is 62.2. The van der Waals surface area contributed by atoms with E-state index in [9.17, 15) is 19.8 Å². The molecular formula is C36H70CaMoO4S2. The number of carbonyl (C=O) groups excluding carboxylic acids is 2. The molecule has 0 bridgehead atoms. The predicted molar refractivity (Wildman–Crippen MR) is 190 cm³/mol. The summed E-state index contributed by atoms with van der Waals surface area (Å²) in [5.74, 6) is -1.81. The molecule has 0 aromatic heterocycles. The van der Waals surface area contributed by atoms with Crippen LogP contribution in [0.4, 0.5) is 0 Å². The van der Waals surface area contributed by atoms with Gasteiger partial charge in [-0.15, -0.1) is 0 Å². The summed E-state index contributed by atoms with van der Waals surface area (Å²) >= 11 is -0.363. The van der Waals surface area contributed by atoms with Crippen LogP contribution in [0.1, 0.15) is 219 Å². The standard InChI is InChI=1S/2C18H36O2.Ca.Mo.2S/c2*1-2-3-4-5-6-7-8-9-10-11-12-13-14-15-16-17-18(19)20;;;;/h2*2-17H2,1H3,(H,19,20);;;;/q;;+2;;;/p-2. The molecule has 0 aromatic carbocycles. The Hall–Kier alpha value is 1.33. The zero-order valence-corrected chi connectivity index (χ0v) is 35.0. The van der Waals surface area contributed by atoms with Crippen LogP contribution in [-0.4, -0.2) is 49.7 Å². The minimum absolute atomic E-state index is 0. The van der Waals surface area contributed by atoms with Gasteiger partial charge in [-0.05, 0) is 25.7 Å². The predicted octanol–water partition coefficient (Wildman–Crippen LogP) is 10.9. The third-order valence-corrected chi connectivity index (χ3v) is 7.97. The molecule has 0 rings (SSSR count). The normalized spacial score (nSPS) is 10.1. The summed E-state index contributed by atoms with van der Waals surface area (Å²) in [6.07, 6.45) is 39.7. The van der Waals surface area contributed by atoms with Gasteiger partial charge in [-0.1, -0.05) is 194 Å². The van der Waals surface area contributed by atoms with Crippen LogP contribution in [-0.2, 0) is 24.5 Å². The van der Waals surface area contributed by atoms with Crippen molar-refractivity contribution >= 4 is 69.3 Å². The van der Waals surface area contributed by atoms with Crippen molar-refractivity contribution in [1.29, 1.82) is 0 Å². The number of unbranched alkanes of at least 4 members (excludes halogenated alkanes) is 28. The van der Waals surface area contributed by atoms with Gasteiger partial charge >= 0.3 is 72.3 Å². The summed E-state index contributed by atoms with van der Waals surface area (Å²) in [6.45, 7) is 4.53. The second kappa shape index (κ2) is 51.2. The molecule has 0 aromatic rings. The second-order valence-corrected chi connectivity index (χ2v) is 15.8. The zero-order chi connectivity index (χ0) is 32.5. The summed E-state index contributed by atoms with van der Waals surface area (Å²) in [5, 5.41) is 20.4. The Morgan fingerprint density at radius 3 is 0.659 bits per heavy atom. The molecule has 0 radical (unpaired) electrons. The van der Waals surface area contributed by atoms with Crippen molar-refractivity contribution in [2.45, 2.75) is 219 Å². The molecule has 0 amide bonds. The summed E-state index contributed by atoms with van der Waals surface area (Å²) in [4.78, 5) is 20.4. The third-order valence-electron chi connectivity index (χ3n) is 7.97. The molecule has 0 unspecified atom stereocenters. The quantitative estimate of drug-likeness (QED) is 0.0501. The van der Waals surface area contributed by atoms with E-state index in [0.29, 0.717) is 0 Å². The zero-order valence-electron chi connectivity index (χ0n) is 29.2. The van der Waals surface area contributed by atoms with Crippen LogP contribution in [0.5, 0.6) is 0 Å². The average Bonchev–Trinajstić information content (AvgIpc) is 2.97. The Labute approximate surface area is 320 Å². The van der Waals surface area contributed by atoms with E-state index < -0.39 is 11.9 Å². The van der Waals surface area contributed by atoms with Gasteiger partial charge in [0.1, 0.15) is 0 Å². The number of carboxylic acid groups (broad SMARTS) is 2. The van der Waals surface area contributed by atoms with Gasteiger partial charge in [0, 0.05) is 11.9 Å². The Balaban J connectivity index is -0.000000326. The first-order chi connectivity index (χ1) is 21.0. The van der Waals surface area contributed by atoms with Gasteiger partial charge in [-0.3, -0.25) is 0 Å². The first-order valence-electron chi connectivity index (χ1n) is 18.3. The Morgan fingerprint density at radius 2 is 0.523 bits per heavy atom. The molecule has 0 heterocycles. The van der Waals surface area contributed by atoms with Crippen LogP contribution in [0, 0.1) is 0 Å². The van der Waals surface area contributed by atoms with Gasteiger partial charge in [0.15, 0.2) is 0 Å².